The van der Waals surface area contributed by atoms with Crippen LogP contribution in [0.1, 0.15) is 44.7 Å². The Morgan fingerprint density at radius 1 is 1.16 bits per heavy atom. The van der Waals surface area contributed by atoms with E-state index in [-0.39, 0.29) is 0 Å². The van der Waals surface area contributed by atoms with E-state index < -0.39 is 0 Å². The fraction of sp³-hybridized carbons (Fsp3) is 0.647. The van der Waals surface area contributed by atoms with Gasteiger partial charge in [-0.1, -0.05) is 44.2 Å². The Hall–Kier alpha value is -0.860. The molecule has 2 heteroatoms. The van der Waals surface area contributed by atoms with Crippen LogP contribution in [0, 0.1) is 5.92 Å². The monoisotopic (exact) mass is 260 g/mol. The molecule has 2 rings (SSSR count). The highest BCUT2D eigenvalue weighted by Gasteiger charge is 2.22. The minimum Gasteiger partial charge on any atom is -0.310 e. The molecule has 1 aliphatic rings. The van der Waals surface area contributed by atoms with Crippen molar-refractivity contribution in [3.8, 4) is 0 Å². The molecule has 0 spiro atoms. The minimum atomic E-state index is 0.488. The third-order valence-corrected chi connectivity index (χ3v) is 4.09. The van der Waals surface area contributed by atoms with Crippen LogP contribution in [0.25, 0.3) is 0 Å². The normalized spacial score (nSPS) is 19.5. The summed E-state index contributed by atoms with van der Waals surface area (Å²) in [6.07, 6.45) is 3.95. The summed E-state index contributed by atoms with van der Waals surface area (Å²) in [4.78, 5) is 2.62. The van der Waals surface area contributed by atoms with E-state index in [0.29, 0.717) is 12.0 Å². The standard InChI is InChI=1S/C17H28N2/c1-3-11-18-17(16-9-5-4-6-10-16)15(2)14-19-12-7-8-13-19/h4-6,9-10,15,17-18H,3,7-8,11-14H2,1-2H3. The number of likely N-dealkylation sites (tertiary alicyclic amines) is 1. The van der Waals surface area contributed by atoms with Gasteiger partial charge in [0.25, 0.3) is 0 Å². The molecule has 0 amide bonds. The van der Waals surface area contributed by atoms with Crippen LogP contribution >= 0.6 is 0 Å². The Balaban J connectivity index is 1.99. The van der Waals surface area contributed by atoms with E-state index in [9.17, 15) is 0 Å². The first-order valence-corrected chi connectivity index (χ1v) is 7.82. The average Bonchev–Trinajstić information content (AvgIpc) is 2.93. The zero-order chi connectivity index (χ0) is 13.5. The van der Waals surface area contributed by atoms with E-state index in [0.717, 1.165) is 6.54 Å². The lowest BCUT2D eigenvalue weighted by Gasteiger charge is -2.29. The Morgan fingerprint density at radius 2 is 1.84 bits per heavy atom. The molecule has 2 atom stereocenters. The topological polar surface area (TPSA) is 15.3 Å². The lowest BCUT2D eigenvalue weighted by Crippen LogP contribution is -2.35. The zero-order valence-corrected chi connectivity index (χ0v) is 12.4. The second-order valence-electron chi connectivity index (χ2n) is 5.83. The molecule has 2 unspecified atom stereocenters. The van der Waals surface area contributed by atoms with Crippen molar-refractivity contribution in [3.63, 3.8) is 0 Å². The first-order chi connectivity index (χ1) is 9.31. The predicted octanol–water partition coefficient (Wildman–Crippen LogP) is 3.46. The van der Waals surface area contributed by atoms with Crippen LogP contribution in [0.4, 0.5) is 0 Å². The van der Waals surface area contributed by atoms with E-state index in [1.54, 1.807) is 0 Å². The van der Waals surface area contributed by atoms with Gasteiger partial charge in [-0.2, -0.15) is 0 Å². The number of rotatable bonds is 7. The molecule has 2 nitrogen and oxygen atoms in total. The van der Waals surface area contributed by atoms with Crippen molar-refractivity contribution in [2.24, 2.45) is 5.92 Å². The Kier molecular flexibility index (Phi) is 5.87. The zero-order valence-electron chi connectivity index (χ0n) is 12.4. The molecular weight excluding hydrogens is 232 g/mol. The van der Waals surface area contributed by atoms with E-state index in [2.05, 4.69) is 54.4 Å². The van der Waals surface area contributed by atoms with Crippen LogP contribution in [-0.2, 0) is 0 Å². The summed E-state index contributed by atoms with van der Waals surface area (Å²) in [5.41, 5.74) is 1.43. The van der Waals surface area contributed by atoms with Crippen molar-refractivity contribution < 1.29 is 0 Å². The van der Waals surface area contributed by atoms with Crippen LogP contribution < -0.4 is 5.32 Å². The van der Waals surface area contributed by atoms with Crippen molar-refractivity contribution in [3.05, 3.63) is 35.9 Å². The fourth-order valence-electron chi connectivity index (χ4n) is 3.09. The van der Waals surface area contributed by atoms with Crippen molar-refractivity contribution in [2.75, 3.05) is 26.2 Å². The molecule has 1 N–H and O–H groups in total. The average molecular weight is 260 g/mol. The fourth-order valence-corrected chi connectivity index (χ4v) is 3.09. The number of hydrogen-bond acceptors (Lipinski definition) is 2. The largest absolute Gasteiger partial charge is 0.310 e. The lowest BCUT2D eigenvalue weighted by molar-refractivity contribution is 0.247. The van der Waals surface area contributed by atoms with Crippen LogP contribution in [-0.4, -0.2) is 31.1 Å². The van der Waals surface area contributed by atoms with Gasteiger partial charge in [-0.25, -0.2) is 0 Å². The smallest absolute Gasteiger partial charge is 0.0358 e. The van der Waals surface area contributed by atoms with Crippen LogP contribution in [0.15, 0.2) is 30.3 Å². The maximum absolute atomic E-state index is 3.73. The number of hydrogen-bond donors (Lipinski definition) is 1. The summed E-state index contributed by atoms with van der Waals surface area (Å²) >= 11 is 0. The van der Waals surface area contributed by atoms with Gasteiger partial charge in [-0.05, 0) is 50.4 Å². The van der Waals surface area contributed by atoms with Gasteiger partial charge >= 0.3 is 0 Å². The van der Waals surface area contributed by atoms with E-state index in [4.69, 9.17) is 0 Å². The van der Waals surface area contributed by atoms with Gasteiger partial charge < -0.3 is 10.2 Å². The number of nitrogens with one attached hydrogen (secondary N) is 1. The molecule has 19 heavy (non-hydrogen) atoms. The van der Waals surface area contributed by atoms with Gasteiger partial charge in [0.15, 0.2) is 0 Å². The molecule has 0 aromatic heterocycles. The molecule has 1 heterocycles. The van der Waals surface area contributed by atoms with Crippen molar-refractivity contribution in [1.82, 2.24) is 10.2 Å². The molecule has 0 saturated carbocycles. The van der Waals surface area contributed by atoms with Crippen molar-refractivity contribution in [1.29, 1.82) is 0 Å². The maximum Gasteiger partial charge on any atom is 0.0358 e. The molecule has 1 fully saturated rings. The van der Waals surface area contributed by atoms with Crippen molar-refractivity contribution in [2.45, 2.75) is 39.2 Å². The Bertz CT molecular complexity index is 344. The summed E-state index contributed by atoms with van der Waals surface area (Å²) in [7, 11) is 0. The molecule has 1 saturated heterocycles. The first kappa shape index (κ1) is 14.5. The molecule has 0 radical (unpaired) electrons. The van der Waals surface area contributed by atoms with Gasteiger partial charge in [0.2, 0.25) is 0 Å². The van der Waals surface area contributed by atoms with Crippen LogP contribution in [0.5, 0.6) is 0 Å². The summed E-state index contributed by atoms with van der Waals surface area (Å²) < 4.78 is 0. The summed E-state index contributed by atoms with van der Waals surface area (Å²) in [5.74, 6) is 0.659. The van der Waals surface area contributed by atoms with E-state index in [1.807, 2.05) is 0 Å². The van der Waals surface area contributed by atoms with E-state index in [1.165, 1.54) is 44.5 Å². The predicted molar refractivity (Wildman–Crippen MR) is 82.3 cm³/mol. The van der Waals surface area contributed by atoms with Gasteiger partial charge in [0, 0.05) is 12.6 Å². The molecule has 1 aromatic rings. The summed E-state index contributed by atoms with van der Waals surface area (Å²) in [6, 6.07) is 11.4. The highest BCUT2D eigenvalue weighted by Crippen LogP contribution is 2.24. The number of nitrogens with zero attached hydrogens (tertiary/aromatic N) is 1. The maximum atomic E-state index is 3.73. The van der Waals surface area contributed by atoms with Gasteiger partial charge in [0.1, 0.15) is 0 Å². The quantitative estimate of drug-likeness (QED) is 0.807. The second-order valence-corrected chi connectivity index (χ2v) is 5.83. The second kappa shape index (κ2) is 7.66. The molecule has 1 aromatic carbocycles. The molecule has 106 valence electrons. The first-order valence-electron chi connectivity index (χ1n) is 7.82. The minimum absolute atomic E-state index is 0.488. The molecule has 0 aliphatic carbocycles. The van der Waals surface area contributed by atoms with Crippen LogP contribution in [0.2, 0.25) is 0 Å². The van der Waals surface area contributed by atoms with Crippen LogP contribution in [0.3, 0.4) is 0 Å². The van der Waals surface area contributed by atoms with Gasteiger partial charge in [0.05, 0.1) is 0 Å². The van der Waals surface area contributed by atoms with E-state index >= 15 is 0 Å². The third-order valence-electron chi connectivity index (χ3n) is 4.09. The SMILES string of the molecule is CCCNC(c1ccccc1)C(C)CN1CCCC1. The highest BCUT2D eigenvalue weighted by molar-refractivity contribution is 5.19. The molecule has 1 aliphatic heterocycles. The number of benzene rings is 1. The summed E-state index contributed by atoms with van der Waals surface area (Å²) in [5, 5.41) is 3.73. The highest BCUT2D eigenvalue weighted by atomic mass is 15.1. The third kappa shape index (κ3) is 4.32. The molecule has 0 bridgehead atoms. The Morgan fingerprint density at radius 3 is 2.47 bits per heavy atom. The molecular formula is C17H28N2. The van der Waals surface area contributed by atoms with Gasteiger partial charge in [-0.3, -0.25) is 0 Å². The Labute approximate surface area is 118 Å². The summed E-state index contributed by atoms with van der Waals surface area (Å²) in [6.45, 7) is 9.53. The lowest BCUT2D eigenvalue weighted by atomic mass is 9.94. The van der Waals surface area contributed by atoms with Gasteiger partial charge in [-0.15, -0.1) is 0 Å². The van der Waals surface area contributed by atoms with Crippen molar-refractivity contribution >= 4 is 0 Å².